The molecule has 1 heterocycles. The number of amides is 3. The second-order valence-electron chi connectivity index (χ2n) is 10.1. The first kappa shape index (κ1) is 20.2. The highest BCUT2D eigenvalue weighted by atomic mass is 16.2. The fourth-order valence-corrected chi connectivity index (χ4v) is 5.06. The van der Waals surface area contributed by atoms with Gasteiger partial charge in [0.15, 0.2) is 0 Å². The van der Waals surface area contributed by atoms with E-state index in [0.29, 0.717) is 24.4 Å². The Bertz CT molecular complexity index is 505. The molecule has 1 spiro atoms. The Morgan fingerprint density at radius 2 is 1.68 bits per heavy atom. The average molecular weight is 352 g/mol. The lowest BCUT2D eigenvalue weighted by atomic mass is 9.64. The predicted molar refractivity (Wildman–Crippen MR) is 101 cm³/mol. The molecule has 5 heteroatoms. The second kappa shape index (κ2) is 7.26. The summed E-state index contributed by atoms with van der Waals surface area (Å²) in [5.41, 5.74) is -0.619. The lowest BCUT2D eigenvalue weighted by molar-refractivity contribution is -0.136. The molecule has 1 saturated heterocycles. The average Bonchev–Trinajstić information content (AvgIpc) is 2.58. The Balaban J connectivity index is 2.17. The number of urea groups is 1. The number of nitrogens with zero attached hydrogens (tertiary/aromatic N) is 2. The molecule has 2 unspecified atom stereocenters. The Hall–Kier alpha value is -1.10. The fourth-order valence-electron chi connectivity index (χ4n) is 5.06. The maximum atomic E-state index is 13.2. The van der Waals surface area contributed by atoms with Gasteiger partial charge in [0.1, 0.15) is 5.54 Å². The van der Waals surface area contributed by atoms with Crippen molar-refractivity contribution in [1.29, 1.82) is 0 Å². The highest BCUT2D eigenvalue weighted by molar-refractivity contribution is 6.07. The van der Waals surface area contributed by atoms with Crippen molar-refractivity contribution in [3.8, 4) is 0 Å². The SMILES string of the molecule is CC(C)CN(CC(C)C)CN1C(=O)NC2(CC(C)CC(C)(C)C2)C1=O. The van der Waals surface area contributed by atoms with E-state index in [0.717, 1.165) is 32.4 Å². The largest absolute Gasteiger partial charge is 0.326 e. The summed E-state index contributed by atoms with van der Waals surface area (Å²) in [6, 6.07) is -0.215. The van der Waals surface area contributed by atoms with Gasteiger partial charge in [-0.15, -0.1) is 0 Å². The lowest BCUT2D eigenvalue weighted by Gasteiger charge is -2.44. The fraction of sp³-hybridized carbons (Fsp3) is 0.900. The van der Waals surface area contributed by atoms with E-state index >= 15 is 0 Å². The van der Waals surface area contributed by atoms with E-state index in [1.165, 1.54) is 4.90 Å². The van der Waals surface area contributed by atoms with Crippen LogP contribution in [0.5, 0.6) is 0 Å². The molecule has 2 fully saturated rings. The third-order valence-electron chi connectivity index (χ3n) is 5.21. The molecule has 2 aliphatic rings. The number of hydrogen-bond acceptors (Lipinski definition) is 3. The maximum Gasteiger partial charge on any atom is 0.326 e. The van der Waals surface area contributed by atoms with E-state index in [2.05, 4.69) is 58.7 Å². The van der Waals surface area contributed by atoms with Gasteiger partial charge in [-0.3, -0.25) is 9.69 Å². The third-order valence-corrected chi connectivity index (χ3v) is 5.21. The minimum Gasteiger partial charge on any atom is -0.323 e. The van der Waals surface area contributed by atoms with Crippen LogP contribution in [0.2, 0.25) is 0 Å². The number of hydrogen-bond donors (Lipinski definition) is 1. The molecule has 0 aromatic heterocycles. The van der Waals surface area contributed by atoms with Gasteiger partial charge < -0.3 is 5.32 Å². The molecule has 1 aliphatic carbocycles. The molecular weight excluding hydrogens is 314 g/mol. The van der Waals surface area contributed by atoms with Gasteiger partial charge in [-0.25, -0.2) is 9.69 Å². The first-order chi connectivity index (χ1) is 11.4. The van der Waals surface area contributed by atoms with Crippen LogP contribution in [-0.4, -0.2) is 47.0 Å². The van der Waals surface area contributed by atoms with Gasteiger partial charge in [0.25, 0.3) is 5.91 Å². The van der Waals surface area contributed by atoms with Crippen LogP contribution in [0, 0.1) is 23.2 Å². The minimum atomic E-state index is -0.695. The van der Waals surface area contributed by atoms with Crippen LogP contribution in [0.3, 0.4) is 0 Å². The topological polar surface area (TPSA) is 52.6 Å². The smallest absolute Gasteiger partial charge is 0.323 e. The number of imide groups is 1. The van der Waals surface area contributed by atoms with Crippen LogP contribution in [0.4, 0.5) is 4.79 Å². The number of carbonyl (C=O) groups excluding carboxylic acids is 2. The van der Waals surface area contributed by atoms with Crippen molar-refractivity contribution in [1.82, 2.24) is 15.1 Å². The van der Waals surface area contributed by atoms with E-state index in [-0.39, 0.29) is 17.4 Å². The second-order valence-corrected chi connectivity index (χ2v) is 10.1. The highest BCUT2D eigenvalue weighted by Crippen LogP contribution is 2.46. The Morgan fingerprint density at radius 1 is 1.12 bits per heavy atom. The zero-order valence-corrected chi connectivity index (χ0v) is 17.2. The molecule has 0 radical (unpaired) electrons. The standard InChI is InChI=1S/C20H37N3O2/c1-14(2)10-22(11-15(3)4)13-23-17(24)20(21-18(23)25)9-16(5)8-19(6,7)12-20/h14-16H,8-13H2,1-7H3,(H,21,25). The monoisotopic (exact) mass is 351 g/mol. The van der Waals surface area contributed by atoms with Crippen LogP contribution in [0.1, 0.15) is 67.7 Å². The molecule has 0 aromatic rings. The summed E-state index contributed by atoms with van der Waals surface area (Å²) in [7, 11) is 0. The highest BCUT2D eigenvalue weighted by Gasteiger charge is 2.56. The number of nitrogens with one attached hydrogen (secondary N) is 1. The zero-order chi connectivity index (χ0) is 19.0. The van der Waals surface area contributed by atoms with Gasteiger partial charge in [0.05, 0.1) is 6.67 Å². The summed E-state index contributed by atoms with van der Waals surface area (Å²) >= 11 is 0. The first-order valence-electron chi connectivity index (χ1n) is 9.80. The van der Waals surface area contributed by atoms with Gasteiger partial charge in [-0.05, 0) is 42.4 Å². The van der Waals surface area contributed by atoms with E-state index in [4.69, 9.17) is 0 Å². The quantitative estimate of drug-likeness (QED) is 0.743. The van der Waals surface area contributed by atoms with E-state index in [1.807, 2.05) is 0 Å². The number of rotatable bonds is 6. The van der Waals surface area contributed by atoms with Gasteiger partial charge in [0, 0.05) is 13.1 Å². The van der Waals surface area contributed by atoms with E-state index < -0.39 is 5.54 Å². The van der Waals surface area contributed by atoms with Crippen LogP contribution < -0.4 is 5.32 Å². The van der Waals surface area contributed by atoms with Crippen LogP contribution in [0.25, 0.3) is 0 Å². The summed E-state index contributed by atoms with van der Waals surface area (Å²) in [6.45, 7) is 17.5. The molecule has 144 valence electrons. The molecule has 1 N–H and O–H groups in total. The molecule has 0 bridgehead atoms. The molecule has 1 aliphatic heterocycles. The number of carbonyl (C=O) groups is 2. The molecule has 2 atom stereocenters. The maximum absolute atomic E-state index is 13.2. The van der Waals surface area contributed by atoms with Crippen LogP contribution in [0.15, 0.2) is 0 Å². The van der Waals surface area contributed by atoms with E-state index in [1.54, 1.807) is 0 Å². The van der Waals surface area contributed by atoms with Crippen LogP contribution in [-0.2, 0) is 4.79 Å². The van der Waals surface area contributed by atoms with E-state index in [9.17, 15) is 9.59 Å². The summed E-state index contributed by atoms with van der Waals surface area (Å²) < 4.78 is 0. The summed E-state index contributed by atoms with van der Waals surface area (Å²) in [5.74, 6) is 1.43. The normalized spacial score (nSPS) is 29.4. The Morgan fingerprint density at radius 3 is 2.16 bits per heavy atom. The zero-order valence-electron chi connectivity index (χ0n) is 17.2. The predicted octanol–water partition coefficient (Wildman–Crippen LogP) is 3.69. The van der Waals surface area contributed by atoms with Gasteiger partial charge in [-0.2, -0.15) is 0 Å². The molecule has 3 amide bonds. The lowest BCUT2D eigenvalue weighted by Crippen LogP contribution is -2.54. The first-order valence-corrected chi connectivity index (χ1v) is 9.80. The van der Waals surface area contributed by atoms with Crippen molar-refractivity contribution in [3.63, 3.8) is 0 Å². The van der Waals surface area contributed by atoms with Crippen molar-refractivity contribution in [2.75, 3.05) is 19.8 Å². The minimum absolute atomic E-state index is 0.0189. The van der Waals surface area contributed by atoms with Crippen molar-refractivity contribution < 1.29 is 9.59 Å². The molecule has 2 rings (SSSR count). The van der Waals surface area contributed by atoms with Crippen LogP contribution >= 0.6 is 0 Å². The van der Waals surface area contributed by atoms with Gasteiger partial charge >= 0.3 is 6.03 Å². The third kappa shape index (κ3) is 4.75. The van der Waals surface area contributed by atoms with Gasteiger partial charge in [-0.1, -0.05) is 48.5 Å². The molecule has 25 heavy (non-hydrogen) atoms. The van der Waals surface area contributed by atoms with Crippen molar-refractivity contribution in [2.24, 2.45) is 23.2 Å². The summed E-state index contributed by atoms with van der Waals surface area (Å²) in [6.07, 6.45) is 2.59. The molecule has 1 saturated carbocycles. The summed E-state index contributed by atoms with van der Waals surface area (Å²) in [5, 5.41) is 3.08. The Kier molecular flexibility index (Phi) is 5.87. The van der Waals surface area contributed by atoms with Crippen molar-refractivity contribution in [2.45, 2.75) is 73.3 Å². The molecule has 0 aromatic carbocycles. The van der Waals surface area contributed by atoms with Crippen molar-refractivity contribution in [3.05, 3.63) is 0 Å². The van der Waals surface area contributed by atoms with Crippen molar-refractivity contribution >= 4 is 11.9 Å². The molecule has 5 nitrogen and oxygen atoms in total. The summed E-state index contributed by atoms with van der Waals surface area (Å²) in [4.78, 5) is 29.6. The molecular formula is C20H37N3O2. The van der Waals surface area contributed by atoms with Gasteiger partial charge in [0.2, 0.25) is 0 Å². The Labute approximate surface area is 153 Å².